The molecule has 0 spiro atoms. The number of carbonyl (C=O) groups is 1. The Hall–Kier alpha value is -2.83. The molecule has 1 unspecified atom stereocenters. The van der Waals surface area contributed by atoms with Crippen LogP contribution in [-0.4, -0.2) is 21.1 Å². The predicted molar refractivity (Wildman–Crippen MR) is 85.1 cm³/mol. The normalized spacial score (nSPS) is 15.9. The van der Waals surface area contributed by atoms with E-state index in [-0.39, 0.29) is 11.8 Å². The van der Waals surface area contributed by atoms with Crippen LogP contribution in [-0.2, 0) is 20.5 Å². The molecule has 120 valence electrons. The molecule has 0 aliphatic carbocycles. The topological polar surface area (TPSA) is 82.3 Å². The van der Waals surface area contributed by atoms with Crippen molar-refractivity contribution in [2.75, 3.05) is 5.32 Å². The number of hydrogen-bond donors (Lipinski definition) is 1. The lowest BCUT2D eigenvalue weighted by molar-refractivity contribution is 0.101. The van der Waals surface area contributed by atoms with Crippen LogP contribution in [0.15, 0.2) is 33.9 Å². The molecule has 0 saturated heterocycles. The summed E-state index contributed by atoms with van der Waals surface area (Å²) in [6.07, 6.45) is 0.901. The van der Waals surface area contributed by atoms with E-state index in [0.29, 0.717) is 5.69 Å². The highest BCUT2D eigenvalue weighted by atomic mass is 16.5. The molecule has 2 aromatic rings. The smallest absolute Gasteiger partial charge is 0.331 e. The van der Waals surface area contributed by atoms with Crippen LogP contribution >= 0.6 is 0 Å². The molecule has 0 fully saturated rings. The van der Waals surface area contributed by atoms with E-state index in [2.05, 4.69) is 5.32 Å². The summed E-state index contributed by atoms with van der Waals surface area (Å²) in [5.41, 5.74) is 0.573. The van der Waals surface area contributed by atoms with E-state index in [1.807, 2.05) is 13.0 Å². The van der Waals surface area contributed by atoms with Gasteiger partial charge in [-0.2, -0.15) is 0 Å². The highest BCUT2D eigenvalue weighted by Gasteiger charge is 2.20. The van der Waals surface area contributed by atoms with Gasteiger partial charge >= 0.3 is 5.69 Å². The summed E-state index contributed by atoms with van der Waals surface area (Å²) in [6.45, 7) is 1.98. The van der Waals surface area contributed by atoms with Crippen LogP contribution in [0.4, 0.5) is 5.69 Å². The molecule has 23 heavy (non-hydrogen) atoms. The van der Waals surface area contributed by atoms with E-state index in [1.54, 1.807) is 12.1 Å². The van der Waals surface area contributed by atoms with E-state index in [9.17, 15) is 14.4 Å². The highest BCUT2D eigenvalue weighted by Crippen LogP contribution is 2.31. The lowest BCUT2D eigenvalue weighted by atomic mass is 10.1. The first kappa shape index (κ1) is 15.1. The monoisotopic (exact) mass is 315 g/mol. The van der Waals surface area contributed by atoms with Crippen LogP contribution in [0.25, 0.3) is 0 Å². The Balaban J connectivity index is 1.90. The minimum absolute atomic E-state index is 0.0169. The van der Waals surface area contributed by atoms with Gasteiger partial charge in [0.15, 0.2) is 0 Å². The van der Waals surface area contributed by atoms with Gasteiger partial charge in [-0.15, -0.1) is 0 Å². The number of aromatic nitrogens is 2. The first-order chi connectivity index (χ1) is 10.9. The molecule has 1 amide bonds. The van der Waals surface area contributed by atoms with Crippen LogP contribution in [0.2, 0.25) is 0 Å². The van der Waals surface area contributed by atoms with Crippen LogP contribution in [0.3, 0.4) is 0 Å². The third-order valence-electron chi connectivity index (χ3n) is 3.91. The van der Waals surface area contributed by atoms with Gasteiger partial charge in [0, 0.05) is 32.3 Å². The van der Waals surface area contributed by atoms with Crippen molar-refractivity contribution in [3.05, 3.63) is 56.4 Å². The Morgan fingerprint density at radius 1 is 1.22 bits per heavy atom. The number of nitrogens with zero attached hydrogens (tertiary/aromatic N) is 2. The minimum Gasteiger partial charge on any atom is -0.490 e. The summed E-state index contributed by atoms with van der Waals surface area (Å²) in [5.74, 6) is 0.311. The zero-order chi connectivity index (χ0) is 16.7. The van der Waals surface area contributed by atoms with Gasteiger partial charge in [-0.25, -0.2) is 4.79 Å². The molecule has 1 atom stereocenters. The minimum atomic E-state index is -0.543. The average Bonchev–Trinajstić information content (AvgIpc) is 2.88. The number of hydrogen-bond acceptors (Lipinski definition) is 4. The van der Waals surface area contributed by atoms with Gasteiger partial charge in [-0.3, -0.25) is 18.7 Å². The Labute approximate surface area is 132 Å². The quantitative estimate of drug-likeness (QED) is 0.882. The predicted octanol–water partition coefficient (Wildman–Crippen LogP) is 0.660. The third-order valence-corrected chi connectivity index (χ3v) is 3.91. The molecule has 0 saturated carbocycles. The van der Waals surface area contributed by atoms with Gasteiger partial charge in [-0.1, -0.05) is 0 Å². The van der Waals surface area contributed by atoms with Gasteiger partial charge in [0.05, 0.1) is 0 Å². The zero-order valence-electron chi connectivity index (χ0n) is 13.1. The summed E-state index contributed by atoms with van der Waals surface area (Å²) in [6, 6.07) is 6.52. The van der Waals surface area contributed by atoms with Gasteiger partial charge in [0.25, 0.3) is 11.5 Å². The molecular formula is C16H17N3O4. The standard InChI is InChI=1S/C16H17N3O4/c1-9-6-10-7-11(4-5-13(10)23-9)17-15(21)12-8-14(20)19(3)16(22)18(12)2/h4-5,7-9H,6H2,1-3H3,(H,17,21). The van der Waals surface area contributed by atoms with Crippen molar-refractivity contribution >= 4 is 11.6 Å². The van der Waals surface area contributed by atoms with Crippen molar-refractivity contribution in [1.29, 1.82) is 0 Å². The SMILES string of the molecule is CC1Cc2cc(NC(=O)c3cc(=O)n(C)c(=O)n3C)ccc2O1. The van der Waals surface area contributed by atoms with Crippen LogP contribution in [0.5, 0.6) is 5.75 Å². The second kappa shape index (κ2) is 5.42. The molecule has 2 heterocycles. The lowest BCUT2D eigenvalue weighted by Crippen LogP contribution is -2.40. The number of ether oxygens (including phenoxy) is 1. The van der Waals surface area contributed by atoms with Crippen molar-refractivity contribution < 1.29 is 9.53 Å². The fourth-order valence-electron chi connectivity index (χ4n) is 2.65. The number of carbonyl (C=O) groups excluding carboxylic acids is 1. The van der Waals surface area contributed by atoms with Crippen LogP contribution in [0.1, 0.15) is 23.0 Å². The van der Waals surface area contributed by atoms with E-state index in [0.717, 1.165) is 32.9 Å². The number of rotatable bonds is 2. The molecule has 1 aromatic carbocycles. The van der Waals surface area contributed by atoms with Crippen LogP contribution in [0, 0.1) is 0 Å². The Morgan fingerprint density at radius 2 is 1.96 bits per heavy atom. The van der Waals surface area contributed by atoms with Gasteiger partial charge in [0.2, 0.25) is 0 Å². The number of amides is 1. The number of fused-ring (bicyclic) bond motifs is 1. The van der Waals surface area contributed by atoms with Crippen molar-refractivity contribution in [3.63, 3.8) is 0 Å². The molecule has 1 aliphatic rings. The first-order valence-electron chi connectivity index (χ1n) is 7.25. The maximum absolute atomic E-state index is 12.4. The Kier molecular flexibility index (Phi) is 3.55. The number of nitrogens with one attached hydrogen (secondary N) is 1. The number of benzene rings is 1. The summed E-state index contributed by atoms with van der Waals surface area (Å²) in [5, 5.41) is 2.72. The van der Waals surface area contributed by atoms with E-state index >= 15 is 0 Å². The maximum Gasteiger partial charge on any atom is 0.331 e. The second-order valence-electron chi connectivity index (χ2n) is 5.68. The summed E-state index contributed by atoms with van der Waals surface area (Å²) < 4.78 is 7.71. The van der Waals surface area contributed by atoms with Gasteiger partial charge in [-0.05, 0) is 30.7 Å². The molecule has 3 rings (SSSR count). The molecule has 7 heteroatoms. The van der Waals surface area contributed by atoms with Crippen LogP contribution < -0.4 is 21.3 Å². The summed E-state index contributed by atoms with van der Waals surface area (Å²) >= 11 is 0. The van der Waals surface area contributed by atoms with E-state index in [1.165, 1.54) is 14.1 Å². The average molecular weight is 315 g/mol. The van der Waals surface area contributed by atoms with E-state index in [4.69, 9.17) is 4.74 Å². The molecule has 7 nitrogen and oxygen atoms in total. The molecule has 1 N–H and O–H groups in total. The Morgan fingerprint density at radius 3 is 2.70 bits per heavy atom. The van der Waals surface area contributed by atoms with Crippen molar-refractivity contribution in [2.45, 2.75) is 19.4 Å². The van der Waals surface area contributed by atoms with Crippen molar-refractivity contribution in [3.8, 4) is 5.75 Å². The highest BCUT2D eigenvalue weighted by molar-refractivity contribution is 6.03. The fourth-order valence-corrected chi connectivity index (χ4v) is 2.65. The van der Waals surface area contributed by atoms with E-state index < -0.39 is 17.2 Å². The molecule has 0 radical (unpaired) electrons. The second-order valence-corrected chi connectivity index (χ2v) is 5.68. The fraction of sp³-hybridized carbons (Fsp3) is 0.312. The zero-order valence-corrected chi connectivity index (χ0v) is 13.1. The molecular weight excluding hydrogens is 298 g/mol. The molecule has 0 bridgehead atoms. The van der Waals surface area contributed by atoms with Gasteiger partial charge in [0.1, 0.15) is 17.5 Å². The Bertz CT molecular complexity index is 911. The molecule has 1 aliphatic heterocycles. The van der Waals surface area contributed by atoms with Gasteiger partial charge < -0.3 is 10.1 Å². The lowest BCUT2D eigenvalue weighted by Gasteiger charge is -2.10. The third kappa shape index (κ3) is 2.65. The number of anilines is 1. The largest absolute Gasteiger partial charge is 0.490 e. The molecule has 1 aromatic heterocycles. The summed E-state index contributed by atoms with van der Waals surface area (Å²) in [4.78, 5) is 36.0. The van der Waals surface area contributed by atoms with Crippen molar-refractivity contribution in [2.24, 2.45) is 14.1 Å². The van der Waals surface area contributed by atoms with Crippen molar-refractivity contribution in [1.82, 2.24) is 9.13 Å². The maximum atomic E-state index is 12.4. The summed E-state index contributed by atoms with van der Waals surface area (Å²) in [7, 11) is 2.82. The first-order valence-corrected chi connectivity index (χ1v) is 7.25.